The standard InChI is InChI=1S/C17H10FN5O3/c18-12-3-1-2-9-14(12)19-7-11(15(9)24)16(25)20-8-4-5-13-10(6-8)17(26)22-23-21-13/h1-7H,(H,19,24)(H,20,25)(H,21,22,26). The number of hydrogen-bond donors (Lipinski definition) is 3. The average Bonchev–Trinajstić information content (AvgIpc) is 2.63. The summed E-state index contributed by atoms with van der Waals surface area (Å²) in [6, 6.07) is 8.52. The molecular formula is C17H10FN5O3. The molecule has 0 aliphatic heterocycles. The lowest BCUT2D eigenvalue weighted by Crippen LogP contribution is -2.22. The molecule has 4 aromatic rings. The van der Waals surface area contributed by atoms with Crippen LogP contribution in [0.5, 0.6) is 0 Å². The normalized spacial score (nSPS) is 11.0. The molecule has 1 amide bonds. The van der Waals surface area contributed by atoms with Gasteiger partial charge in [-0.25, -0.2) is 9.49 Å². The van der Waals surface area contributed by atoms with E-state index >= 15 is 0 Å². The highest BCUT2D eigenvalue weighted by molar-refractivity contribution is 6.06. The van der Waals surface area contributed by atoms with Gasteiger partial charge in [-0.1, -0.05) is 11.3 Å². The van der Waals surface area contributed by atoms with E-state index in [1.54, 1.807) is 0 Å². The van der Waals surface area contributed by atoms with Crippen molar-refractivity contribution in [1.82, 2.24) is 20.4 Å². The zero-order valence-electron chi connectivity index (χ0n) is 13.0. The SMILES string of the molecule is O=C(Nc1ccc2nn[nH]c(=O)c2c1)c1c[nH]c2c(F)cccc2c1=O. The van der Waals surface area contributed by atoms with Gasteiger partial charge in [-0.3, -0.25) is 14.4 Å². The van der Waals surface area contributed by atoms with Crippen LogP contribution in [0.4, 0.5) is 10.1 Å². The van der Waals surface area contributed by atoms with E-state index in [2.05, 4.69) is 25.7 Å². The van der Waals surface area contributed by atoms with Crippen molar-refractivity contribution in [2.75, 3.05) is 5.32 Å². The molecule has 4 rings (SSSR count). The van der Waals surface area contributed by atoms with Gasteiger partial charge in [-0.05, 0) is 30.3 Å². The number of aromatic nitrogens is 4. The van der Waals surface area contributed by atoms with Crippen molar-refractivity contribution in [1.29, 1.82) is 0 Å². The molecule has 0 aliphatic carbocycles. The van der Waals surface area contributed by atoms with Crippen LogP contribution in [0.25, 0.3) is 21.8 Å². The number of carbonyl (C=O) groups is 1. The first kappa shape index (κ1) is 15.6. The highest BCUT2D eigenvalue weighted by Gasteiger charge is 2.15. The van der Waals surface area contributed by atoms with Gasteiger partial charge in [0.05, 0.1) is 10.9 Å². The lowest BCUT2D eigenvalue weighted by molar-refractivity contribution is 0.102. The molecule has 0 fully saturated rings. The molecule has 0 saturated carbocycles. The number of H-pyrrole nitrogens is 2. The Balaban J connectivity index is 1.74. The van der Waals surface area contributed by atoms with Crippen LogP contribution in [-0.4, -0.2) is 26.3 Å². The van der Waals surface area contributed by atoms with Crippen molar-refractivity contribution in [3.05, 3.63) is 74.6 Å². The Morgan fingerprint density at radius 3 is 2.81 bits per heavy atom. The largest absolute Gasteiger partial charge is 0.358 e. The van der Waals surface area contributed by atoms with E-state index in [9.17, 15) is 18.8 Å². The van der Waals surface area contributed by atoms with Gasteiger partial charge in [-0.15, -0.1) is 5.10 Å². The second-order valence-corrected chi connectivity index (χ2v) is 5.52. The second-order valence-electron chi connectivity index (χ2n) is 5.52. The molecule has 3 N–H and O–H groups in total. The number of aromatic amines is 2. The Kier molecular flexibility index (Phi) is 3.54. The lowest BCUT2D eigenvalue weighted by Gasteiger charge is -2.07. The van der Waals surface area contributed by atoms with Gasteiger partial charge >= 0.3 is 0 Å². The highest BCUT2D eigenvalue weighted by atomic mass is 19.1. The number of benzene rings is 2. The van der Waals surface area contributed by atoms with E-state index in [0.29, 0.717) is 11.2 Å². The smallest absolute Gasteiger partial charge is 0.275 e. The van der Waals surface area contributed by atoms with Crippen molar-refractivity contribution >= 4 is 33.4 Å². The van der Waals surface area contributed by atoms with E-state index < -0.39 is 22.7 Å². The van der Waals surface area contributed by atoms with Crippen molar-refractivity contribution in [2.45, 2.75) is 0 Å². The highest BCUT2D eigenvalue weighted by Crippen LogP contribution is 2.16. The van der Waals surface area contributed by atoms with Crippen LogP contribution in [0.2, 0.25) is 0 Å². The molecule has 0 aliphatic rings. The Labute approximate surface area is 143 Å². The zero-order chi connectivity index (χ0) is 18.3. The Morgan fingerprint density at radius 1 is 1.12 bits per heavy atom. The van der Waals surface area contributed by atoms with Gasteiger partial charge < -0.3 is 10.3 Å². The molecule has 0 radical (unpaired) electrons. The summed E-state index contributed by atoms with van der Waals surface area (Å²) in [5.74, 6) is -1.27. The molecule has 26 heavy (non-hydrogen) atoms. The summed E-state index contributed by atoms with van der Waals surface area (Å²) in [6.45, 7) is 0. The van der Waals surface area contributed by atoms with Gasteiger partial charge in [-0.2, -0.15) is 0 Å². The molecule has 0 bridgehead atoms. The Bertz CT molecular complexity index is 1300. The number of halogens is 1. The van der Waals surface area contributed by atoms with Crippen LogP contribution in [0.1, 0.15) is 10.4 Å². The fraction of sp³-hybridized carbons (Fsp3) is 0. The number of fused-ring (bicyclic) bond motifs is 2. The fourth-order valence-corrected chi connectivity index (χ4v) is 2.65. The predicted molar refractivity (Wildman–Crippen MR) is 92.6 cm³/mol. The molecule has 8 nitrogen and oxygen atoms in total. The molecule has 9 heteroatoms. The number of amides is 1. The van der Waals surface area contributed by atoms with E-state index in [4.69, 9.17) is 0 Å². The van der Waals surface area contributed by atoms with Crippen LogP contribution in [0, 0.1) is 5.82 Å². The minimum atomic E-state index is -0.685. The molecule has 2 aromatic carbocycles. The fourth-order valence-electron chi connectivity index (χ4n) is 2.65. The average molecular weight is 351 g/mol. The number of para-hydroxylation sites is 1. The molecule has 128 valence electrons. The third-order valence-electron chi connectivity index (χ3n) is 3.92. The molecule has 2 aromatic heterocycles. The van der Waals surface area contributed by atoms with E-state index in [0.717, 1.165) is 6.20 Å². The number of nitrogens with zero attached hydrogens (tertiary/aromatic N) is 2. The minimum Gasteiger partial charge on any atom is -0.358 e. The van der Waals surface area contributed by atoms with Crippen molar-refractivity contribution in [3.63, 3.8) is 0 Å². The first-order valence-corrected chi connectivity index (χ1v) is 7.51. The summed E-state index contributed by atoms with van der Waals surface area (Å²) in [7, 11) is 0. The van der Waals surface area contributed by atoms with E-state index in [1.165, 1.54) is 36.4 Å². The number of carbonyl (C=O) groups excluding carboxylic acids is 1. The van der Waals surface area contributed by atoms with Gasteiger partial charge in [0.1, 0.15) is 16.9 Å². The summed E-state index contributed by atoms with van der Waals surface area (Å²) in [4.78, 5) is 39.3. The lowest BCUT2D eigenvalue weighted by atomic mass is 10.1. The monoisotopic (exact) mass is 351 g/mol. The molecule has 0 unspecified atom stereocenters. The van der Waals surface area contributed by atoms with Crippen LogP contribution < -0.4 is 16.3 Å². The summed E-state index contributed by atoms with van der Waals surface area (Å²) in [6.07, 6.45) is 1.16. The predicted octanol–water partition coefficient (Wildman–Crippen LogP) is 1.55. The number of pyridine rings is 1. The number of nitrogens with one attached hydrogen (secondary N) is 3. The zero-order valence-corrected chi connectivity index (χ0v) is 13.0. The molecular weight excluding hydrogens is 341 g/mol. The first-order chi connectivity index (χ1) is 12.5. The maximum Gasteiger partial charge on any atom is 0.275 e. The Hall–Kier alpha value is -3.88. The Morgan fingerprint density at radius 2 is 1.96 bits per heavy atom. The maximum atomic E-state index is 13.7. The minimum absolute atomic E-state index is 0.0323. The summed E-state index contributed by atoms with van der Waals surface area (Å²) in [5.41, 5.74) is -0.522. The van der Waals surface area contributed by atoms with Gasteiger partial charge in [0, 0.05) is 17.3 Å². The van der Waals surface area contributed by atoms with Crippen molar-refractivity contribution in [2.24, 2.45) is 0 Å². The van der Waals surface area contributed by atoms with Gasteiger partial charge in [0.15, 0.2) is 0 Å². The summed E-state index contributed by atoms with van der Waals surface area (Å²) < 4.78 is 13.7. The van der Waals surface area contributed by atoms with Crippen LogP contribution >= 0.6 is 0 Å². The van der Waals surface area contributed by atoms with Gasteiger partial charge in [0.25, 0.3) is 11.5 Å². The number of rotatable bonds is 2. The quantitative estimate of drug-likeness (QED) is 0.506. The topological polar surface area (TPSA) is 121 Å². The van der Waals surface area contributed by atoms with Crippen LogP contribution in [-0.2, 0) is 0 Å². The van der Waals surface area contributed by atoms with Gasteiger partial charge in [0.2, 0.25) is 5.43 Å². The molecule has 0 atom stereocenters. The van der Waals surface area contributed by atoms with Crippen LogP contribution in [0.15, 0.2) is 52.2 Å². The van der Waals surface area contributed by atoms with Crippen molar-refractivity contribution < 1.29 is 9.18 Å². The van der Waals surface area contributed by atoms with E-state index in [1.807, 2.05) is 0 Å². The third kappa shape index (κ3) is 2.51. The second kappa shape index (κ2) is 5.88. The number of hydrogen-bond acceptors (Lipinski definition) is 5. The molecule has 0 saturated heterocycles. The number of anilines is 1. The molecule has 0 spiro atoms. The van der Waals surface area contributed by atoms with E-state index in [-0.39, 0.29) is 21.9 Å². The van der Waals surface area contributed by atoms with Crippen molar-refractivity contribution in [3.8, 4) is 0 Å². The summed E-state index contributed by atoms with van der Waals surface area (Å²) >= 11 is 0. The molecule has 2 heterocycles. The first-order valence-electron chi connectivity index (χ1n) is 7.51. The third-order valence-corrected chi connectivity index (χ3v) is 3.92. The van der Waals surface area contributed by atoms with Crippen LogP contribution in [0.3, 0.4) is 0 Å². The summed E-state index contributed by atoms with van der Waals surface area (Å²) in [5, 5.41) is 12.3. The maximum absolute atomic E-state index is 13.7.